The molecule has 0 aliphatic heterocycles. The van der Waals surface area contributed by atoms with Gasteiger partial charge in [-0.3, -0.25) is 5.41 Å². The fourth-order valence-corrected chi connectivity index (χ4v) is 2.16. The first-order chi connectivity index (χ1) is 9.09. The largest absolute Gasteiger partial charge is 0.384 e. The number of benzene rings is 2. The van der Waals surface area contributed by atoms with Crippen molar-refractivity contribution >= 4 is 11.5 Å². The Hall–Kier alpha value is -2.29. The first kappa shape index (κ1) is 13.1. The topological polar surface area (TPSA) is 53.1 Å². The Kier molecular flexibility index (Phi) is 3.85. The molecule has 0 atom stereocenters. The molecular weight excluding hydrogens is 234 g/mol. The van der Waals surface area contributed by atoms with Gasteiger partial charge in [-0.15, -0.1) is 0 Å². The van der Waals surface area contributed by atoms with Gasteiger partial charge >= 0.3 is 0 Å². The number of nitrogens with zero attached hydrogens (tertiary/aromatic N) is 1. The molecule has 0 aromatic heterocycles. The number of nitrogen functional groups attached to an aromatic ring is 1. The van der Waals surface area contributed by atoms with Crippen molar-refractivity contribution in [1.29, 1.82) is 5.41 Å². The van der Waals surface area contributed by atoms with E-state index in [2.05, 4.69) is 24.0 Å². The molecule has 0 spiro atoms. The minimum absolute atomic E-state index is 0.104. The number of nitrogens with one attached hydrogen (secondary N) is 1. The molecule has 98 valence electrons. The van der Waals surface area contributed by atoms with Gasteiger partial charge in [0.05, 0.1) is 0 Å². The third kappa shape index (κ3) is 2.94. The van der Waals surface area contributed by atoms with E-state index in [4.69, 9.17) is 11.1 Å². The number of para-hydroxylation sites is 1. The highest BCUT2D eigenvalue weighted by Gasteiger charge is 2.10. The highest BCUT2D eigenvalue weighted by molar-refractivity contribution is 6.00. The molecule has 0 fully saturated rings. The van der Waals surface area contributed by atoms with Crippen LogP contribution in [0.3, 0.4) is 0 Å². The highest BCUT2D eigenvalue weighted by Crippen LogP contribution is 2.21. The van der Waals surface area contributed by atoms with Crippen molar-refractivity contribution in [3.8, 4) is 0 Å². The summed E-state index contributed by atoms with van der Waals surface area (Å²) >= 11 is 0. The van der Waals surface area contributed by atoms with Crippen molar-refractivity contribution in [2.75, 3.05) is 11.9 Å². The van der Waals surface area contributed by atoms with Gasteiger partial charge in [0.2, 0.25) is 0 Å². The lowest BCUT2D eigenvalue weighted by Crippen LogP contribution is -2.22. The molecule has 3 nitrogen and oxygen atoms in total. The molecule has 0 amide bonds. The minimum atomic E-state index is 0.104. The molecule has 0 saturated heterocycles. The van der Waals surface area contributed by atoms with E-state index in [1.807, 2.05) is 43.4 Å². The predicted octanol–water partition coefficient (Wildman–Crippen LogP) is 2.92. The smallest absolute Gasteiger partial charge is 0.124 e. The van der Waals surface area contributed by atoms with Crippen LogP contribution >= 0.6 is 0 Å². The second-order valence-electron chi connectivity index (χ2n) is 4.71. The van der Waals surface area contributed by atoms with Crippen LogP contribution in [0.15, 0.2) is 48.5 Å². The van der Waals surface area contributed by atoms with E-state index in [1.165, 1.54) is 11.1 Å². The lowest BCUT2D eigenvalue weighted by Gasteiger charge is -2.23. The molecule has 3 heteroatoms. The maximum atomic E-state index is 7.64. The second kappa shape index (κ2) is 5.57. The van der Waals surface area contributed by atoms with E-state index in [-0.39, 0.29) is 5.84 Å². The highest BCUT2D eigenvalue weighted by atomic mass is 15.1. The van der Waals surface area contributed by atoms with Crippen molar-refractivity contribution in [3.63, 3.8) is 0 Å². The zero-order valence-corrected chi connectivity index (χ0v) is 11.4. The second-order valence-corrected chi connectivity index (χ2v) is 4.71. The summed E-state index contributed by atoms with van der Waals surface area (Å²) in [5, 5.41) is 7.64. The Morgan fingerprint density at radius 1 is 1.11 bits per heavy atom. The SMILES string of the molecule is Cc1ccccc1CN(C)c1ccccc1C(=N)N. The minimum Gasteiger partial charge on any atom is -0.384 e. The standard InChI is InChI=1S/C16H19N3/c1-12-7-3-4-8-13(12)11-19(2)15-10-6-5-9-14(15)16(17)18/h3-10H,11H2,1-2H3,(H3,17,18). The Labute approximate surface area is 114 Å². The van der Waals surface area contributed by atoms with Crippen LogP contribution in [-0.2, 0) is 6.54 Å². The van der Waals surface area contributed by atoms with E-state index in [0.29, 0.717) is 0 Å². The fraction of sp³-hybridized carbons (Fsp3) is 0.188. The number of anilines is 1. The summed E-state index contributed by atoms with van der Waals surface area (Å²) in [4.78, 5) is 2.12. The van der Waals surface area contributed by atoms with Crippen LogP contribution in [0.2, 0.25) is 0 Å². The maximum Gasteiger partial charge on any atom is 0.124 e. The molecule has 0 heterocycles. The van der Waals surface area contributed by atoms with Crippen molar-refractivity contribution < 1.29 is 0 Å². The van der Waals surface area contributed by atoms with Gasteiger partial charge in [0.25, 0.3) is 0 Å². The van der Waals surface area contributed by atoms with Crippen molar-refractivity contribution in [3.05, 3.63) is 65.2 Å². The van der Waals surface area contributed by atoms with Gasteiger partial charge < -0.3 is 10.6 Å². The number of nitrogens with two attached hydrogens (primary N) is 1. The van der Waals surface area contributed by atoms with Crippen molar-refractivity contribution in [2.45, 2.75) is 13.5 Å². The number of rotatable bonds is 4. The summed E-state index contributed by atoms with van der Waals surface area (Å²) in [7, 11) is 2.02. The van der Waals surface area contributed by atoms with Crippen LogP contribution in [0.4, 0.5) is 5.69 Å². The van der Waals surface area contributed by atoms with Gasteiger partial charge in [0.1, 0.15) is 5.84 Å². The van der Waals surface area contributed by atoms with Gasteiger partial charge in [-0.25, -0.2) is 0 Å². The summed E-state index contributed by atoms with van der Waals surface area (Å²) in [6, 6.07) is 16.1. The molecule has 3 N–H and O–H groups in total. The predicted molar refractivity (Wildman–Crippen MR) is 80.7 cm³/mol. The molecule has 0 saturated carbocycles. The molecule has 2 aromatic carbocycles. The zero-order chi connectivity index (χ0) is 13.8. The number of hydrogen-bond acceptors (Lipinski definition) is 2. The molecule has 2 rings (SSSR count). The van der Waals surface area contributed by atoms with E-state index in [9.17, 15) is 0 Å². The van der Waals surface area contributed by atoms with Gasteiger partial charge in [0, 0.05) is 24.8 Å². The van der Waals surface area contributed by atoms with Crippen LogP contribution in [0.25, 0.3) is 0 Å². The Bertz CT molecular complexity index is 590. The normalized spacial score (nSPS) is 10.2. The molecule has 19 heavy (non-hydrogen) atoms. The fourth-order valence-electron chi connectivity index (χ4n) is 2.16. The van der Waals surface area contributed by atoms with E-state index in [0.717, 1.165) is 17.8 Å². The number of amidine groups is 1. The monoisotopic (exact) mass is 253 g/mol. The third-order valence-corrected chi connectivity index (χ3v) is 3.27. The molecular formula is C16H19N3. The Morgan fingerprint density at radius 3 is 2.42 bits per heavy atom. The summed E-state index contributed by atoms with van der Waals surface area (Å²) in [6.07, 6.45) is 0. The van der Waals surface area contributed by atoms with Gasteiger partial charge in [-0.1, -0.05) is 36.4 Å². The lowest BCUT2D eigenvalue weighted by atomic mass is 10.1. The molecule has 0 bridgehead atoms. The van der Waals surface area contributed by atoms with E-state index in [1.54, 1.807) is 0 Å². The average Bonchev–Trinajstić information content (AvgIpc) is 2.41. The summed E-state index contributed by atoms with van der Waals surface area (Å²) in [5.41, 5.74) is 9.95. The van der Waals surface area contributed by atoms with Gasteiger partial charge in [-0.2, -0.15) is 0 Å². The van der Waals surface area contributed by atoms with Crippen LogP contribution in [-0.4, -0.2) is 12.9 Å². The molecule has 0 aliphatic carbocycles. The summed E-state index contributed by atoms with van der Waals surface area (Å²) in [5.74, 6) is 0.104. The summed E-state index contributed by atoms with van der Waals surface area (Å²) < 4.78 is 0. The zero-order valence-electron chi connectivity index (χ0n) is 11.4. The quantitative estimate of drug-likeness (QED) is 0.650. The third-order valence-electron chi connectivity index (χ3n) is 3.27. The number of aryl methyl sites for hydroxylation is 1. The Balaban J connectivity index is 2.28. The van der Waals surface area contributed by atoms with Crippen LogP contribution in [0.5, 0.6) is 0 Å². The maximum absolute atomic E-state index is 7.64. The lowest BCUT2D eigenvalue weighted by molar-refractivity contribution is 0.912. The molecule has 0 unspecified atom stereocenters. The molecule has 2 aromatic rings. The van der Waals surface area contributed by atoms with Crippen molar-refractivity contribution in [2.24, 2.45) is 5.73 Å². The van der Waals surface area contributed by atoms with E-state index >= 15 is 0 Å². The molecule has 0 radical (unpaired) electrons. The summed E-state index contributed by atoms with van der Waals surface area (Å²) in [6.45, 7) is 2.91. The van der Waals surface area contributed by atoms with Crippen LogP contribution in [0.1, 0.15) is 16.7 Å². The van der Waals surface area contributed by atoms with Crippen LogP contribution in [0, 0.1) is 12.3 Å². The first-order valence-corrected chi connectivity index (χ1v) is 6.28. The van der Waals surface area contributed by atoms with Crippen molar-refractivity contribution in [1.82, 2.24) is 0 Å². The van der Waals surface area contributed by atoms with Gasteiger partial charge in [0.15, 0.2) is 0 Å². The van der Waals surface area contributed by atoms with E-state index < -0.39 is 0 Å². The Morgan fingerprint density at radius 2 is 1.74 bits per heavy atom. The van der Waals surface area contributed by atoms with Crippen LogP contribution < -0.4 is 10.6 Å². The molecule has 0 aliphatic rings. The average molecular weight is 253 g/mol. The van der Waals surface area contributed by atoms with Gasteiger partial charge in [-0.05, 0) is 30.2 Å². The first-order valence-electron chi connectivity index (χ1n) is 6.28. The number of hydrogen-bond donors (Lipinski definition) is 2.